The first kappa shape index (κ1) is 14.0. The Hall–Kier alpha value is -1.99. The molecule has 1 aromatic heterocycles. The van der Waals surface area contributed by atoms with Crippen molar-refractivity contribution in [3.8, 4) is 0 Å². The number of fused-ring (bicyclic) bond motifs is 1. The fourth-order valence-corrected chi connectivity index (χ4v) is 4.00. The van der Waals surface area contributed by atoms with Crippen LogP contribution in [-0.2, 0) is 5.75 Å². The van der Waals surface area contributed by atoms with Crippen molar-refractivity contribution < 1.29 is 9.31 Å². The van der Waals surface area contributed by atoms with Gasteiger partial charge in [-0.05, 0) is 18.2 Å². The Bertz CT molecular complexity index is 787. The highest BCUT2D eigenvalue weighted by Crippen LogP contribution is 2.34. The van der Waals surface area contributed by atoms with E-state index in [0.29, 0.717) is 0 Å². The molecule has 3 rings (SSSR count). The first-order chi connectivity index (χ1) is 10.1. The fraction of sp³-hybridized carbons (Fsp3) is 0.0714. The van der Waals surface area contributed by atoms with Crippen molar-refractivity contribution in [1.82, 2.24) is 4.98 Å². The number of benzene rings is 2. The minimum Gasteiger partial charge on any atom is -0.258 e. The molecule has 0 aliphatic carbocycles. The molecule has 0 amide bonds. The number of thiazole rings is 1. The minimum absolute atomic E-state index is 0.103. The summed E-state index contributed by atoms with van der Waals surface area (Å²) in [6.45, 7) is 0. The quantitative estimate of drug-likeness (QED) is 0.399. The molecule has 4 nitrogen and oxygen atoms in total. The molecule has 21 heavy (non-hydrogen) atoms. The summed E-state index contributed by atoms with van der Waals surface area (Å²) >= 11 is 2.80. The van der Waals surface area contributed by atoms with Crippen LogP contribution in [0.5, 0.6) is 0 Å². The molecule has 0 aliphatic heterocycles. The predicted molar refractivity (Wildman–Crippen MR) is 82.2 cm³/mol. The molecule has 0 N–H and O–H groups in total. The molecule has 0 fully saturated rings. The Kier molecular flexibility index (Phi) is 3.85. The van der Waals surface area contributed by atoms with Gasteiger partial charge in [-0.25, -0.2) is 9.37 Å². The molecule has 0 saturated carbocycles. The Morgan fingerprint density at radius 2 is 2.05 bits per heavy atom. The zero-order valence-electron chi connectivity index (χ0n) is 10.7. The molecule has 2 aromatic carbocycles. The van der Waals surface area contributed by atoms with Gasteiger partial charge in [-0.15, -0.1) is 11.3 Å². The third kappa shape index (κ3) is 2.88. The summed E-state index contributed by atoms with van der Waals surface area (Å²) in [6.07, 6.45) is 0. The zero-order valence-corrected chi connectivity index (χ0v) is 12.3. The molecule has 0 unspecified atom stereocenters. The normalized spacial score (nSPS) is 10.9. The molecule has 3 aromatic rings. The van der Waals surface area contributed by atoms with Gasteiger partial charge in [0.1, 0.15) is 5.82 Å². The Morgan fingerprint density at radius 3 is 2.81 bits per heavy atom. The summed E-state index contributed by atoms with van der Waals surface area (Å²) in [7, 11) is 0. The van der Waals surface area contributed by atoms with Crippen LogP contribution in [-0.4, -0.2) is 9.91 Å². The van der Waals surface area contributed by atoms with Crippen LogP contribution >= 0.6 is 23.1 Å². The number of nitro benzene ring substituents is 1. The van der Waals surface area contributed by atoms with E-state index in [0.717, 1.165) is 14.6 Å². The lowest BCUT2D eigenvalue weighted by molar-refractivity contribution is -0.385. The first-order valence-corrected chi connectivity index (χ1v) is 7.85. The molecule has 0 saturated heterocycles. The van der Waals surface area contributed by atoms with Crippen molar-refractivity contribution in [2.24, 2.45) is 0 Å². The Morgan fingerprint density at radius 1 is 1.24 bits per heavy atom. The van der Waals surface area contributed by atoms with Crippen LogP contribution < -0.4 is 0 Å². The van der Waals surface area contributed by atoms with Crippen molar-refractivity contribution in [2.45, 2.75) is 10.1 Å². The third-order valence-corrected chi connectivity index (χ3v) is 5.11. The summed E-state index contributed by atoms with van der Waals surface area (Å²) in [6, 6.07) is 11.6. The van der Waals surface area contributed by atoms with Crippen LogP contribution in [0, 0.1) is 15.9 Å². The lowest BCUT2D eigenvalue weighted by Crippen LogP contribution is -1.97. The molecule has 0 radical (unpaired) electrons. The Balaban J connectivity index is 1.86. The molecule has 0 bridgehead atoms. The van der Waals surface area contributed by atoms with Crippen LogP contribution in [0.15, 0.2) is 46.8 Å². The lowest BCUT2D eigenvalue weighted by atomic mass is 10.2. The van der Waals surface area contributed by atoms with E-state index in [1.807, 2.05) is 24.3 Å². The second-order valence-electron chi connectivity index (χ2n) is 4.23. The van der Waals surface area contributed by atoms with E-state index in [2.05, 4.69) is 4.98 Å². The van der Waals surface area contributed by atoms with Crippen LogP contribution in [0.3, 0.4) is 0 Å². The average Bonchev–Trinajstić information content (AvgIpc) is 2.88. The molecule has 0 aliphatic rings. The van der Waals surface area contributed by atoms with Gasteiger partial charge in [-0.1, -0.05) is 30.0 Å². The molecule has 1 heterocycles. The molecule has 106 valence electrons. The van der Waals surface area contributed by atoms with Gasteiger partial charge < -0.3 is 0 Å². The van der Waals surface area contributed by atoms with Crippen LogP contribution in [0.1, 0.15) is 5.56 Å². The van der Waals surface area contributed by atoms with E-state index in [-0.39, 0.29) is 17.0 Å². The zero-order chi connectivity index (χ0) is 14.8. The van der Waals surface area contributed by atoms with E-state index in [9.17, 15) is 14.5 Å². The predicted octanol–water partition coefficient (Wildman–Crippen LogP) is 4.64. The van der Waals surface area contributed by atoms with E-state index < -0.39 is 10.7 Å². The number of thioether (sulfide) groups is 1. The third-order valence-electron chi connectivity index (χ3n) is 2.91. The van der Waals surface area contributed by atoms with E-state index in [1.165, 1.54) is 41.3 Å². The standard InChI is InChI=1S/C14H9FN2O2S2/c15-10-4-3-6-12(17(18)19)9(10)8-20-14-16-11-5-1-2-7-13(11)21-14/h1-7H,8H2. The van der Waals surface area contributed by atoms with Crippen molar-refractivity contribution >= 4 is 39.0 Å². The maximum atomic E-state index is 13.8. The number of nitrogens with zero attached hydrogens (tertiary/aromatic N) is 2. The molecule has 0 atom stereocenters. The van der Waals surface area contributed by atoms with Crippen molar-refractivity contribution in [2.75, 3.05) is 0 Å². The number of hydrogen-bond acceptors (Lipinski definition) is 5. The van der Waals surface area contributed by atoms with Crippen LogP contribution in [0.2, 0.25) is 0 Å². The maximum absolute atomic E-state index is 13.8. The number of rotatable bonds is 4. The SMILES string of the molecule is O=[N+]([O-])c1cccc(F)c1CSc1nc2ccccc2s1. The average molecular weight is 320 g/mol. The number of hydrogen-bond donors (Lipinski definition) is 0. The van der Waals surface area contributed by atoms with Gasteiger partial charge in [0.05, 0.1) is 20.7 Å². The maximum Gasteiger partial charge on any atom is 0.276 e. The van der Waals surface area contributed by atoms with E-state index in [1.54, 1.807) is 0 Å². The molecule has 7 heteroatoms. The van der Waals surface area contributed by atoms with Gasteiger partial charge in [-0.3, -0.25) is 10.1 Å². The summed E-state index contributed by atoms with van der Waals surface area (Å²) in [5.41, 5.74) is 0.795. The summed E-state index contributed by atoms with van der Waals surface area (Å²) in [5.74, 6) is -0.374. The van der Waals surface area contributed by atoms with Gasteiger partial charge in [0.2, 0.25) is 0 Å². The number of para-hydroxylation sites is 1. The monoisotopic (exact) mass is 320 g/mol. The smallest absolute Gasteiger partial charge is 0.258 e. The van der Waals surface area contributed by atoms with Crippen LogP contribution in [0.25, 0.3) is 10.2 Å². The number of nitro groups is 1. The highest BCUT2D eigenvalue weighted by molar-refractivity contribution is 8.00. The summed E-state index contributed by atoms with van der Waals surface area (Å²) < 4.78 is 15.6. The number of halogens is 1. The molecular weight excluding hydrogens is 311 g/mol. The first-order valence-electron chi connectivity index (χ1n) is 6.05. The second-order valence-corrected chi connectivity index (χ2v) is 6.48. The largest absolute Gasteiger partial charge is 0.276 e. The summed E-state index contributed by atoms with van der Waals surface area (Å²) in [5, 5.41) is 10.9. The molecular formula is C14H9FN2O2S2. The fourth-order valence-electron chi connectivity index (χ4n) is 1.91. The number of aromatic nitrogens is 1. The van der Waals surface area contributed by atoms with E-state index in [4.69, 9.17) is 0 Å². The summed E-state index contributed by atoms with van der Waals surface area (Å²) in [4.78, 5) is 14.8. The lowest BCUT2D eigenvalue weighted by Gasteiger charge is -2.02. The topological polar surface area (TPSA) is 56.0 Å². The van der Waals surface area contributed by atoms with Gasteiger partial charge >= 0.3 is 0 Å². The van der Waals surface area contributed by atoms with Crippen molar-refractivity contribution in [3.63, 3.8) is 0 Å². The van der Waals surface area contributed by atoms with Gasteiger partial charge in [0.25, 0.3) is 5.69 Å². The van der Waals surface area contributed by atoms with Crippen molar-refractivity contribution in [3.05, 3.63) is 64.0 Å². The Labute approximate surface area is 127 Å². The van der Waals surface area contributed by atoms with Gasteiger partial charge in [-0.2, -0.15) is 0 Å². The van der Waals surface area contributed by atoms with Crippen molar-refractivity contribution in [1.29, 1.82) is 0 Å². The van der Waals surface area contributed by atoms with E-state index >= 15 is 0 Å². The highest BCUT2D eigenvalue weighted by Gasteiger charge is 2.18. The van der Waals surface area contributed by atoms with Crippen LogP contribution in [0.4, 0.5) is 10.1 Å². The molecule has 0 spiro atoms. The second kappa shape index (κ2) is 5.79. The van der Waals surface area contributed by atoms with Gasteiger partial charge in [0.15, 0.2) is 4.34 Å². The van der Waals surface area contributed by atoms with Gasteiger partial charge in [0, 0.05) is 11.8 Å². The minimum atomic E-state index is -0.558. The highest BCUT2D eigenvalue weighted by atomic mass is 32.2.